The highest BCUT2D eigenvalue weighted by atomic mass is 32.1. The maximum absolute atomic E-state index is 10.8. The molecular formula is C16H12N4O3S. The van der Waals surface area contributed by atoms with E-state index >= 15 is 0 Å². The highest BCUT2D eigenvalue weighted by Gasteiger charge is 2.09. The molecule has 0 aliphatic rings. The minimum absolute atomic E-state index is 0.0877. The minimum atomic E-state index is -0.531. The Morgan fingerprint density at radius 2 is 2.04 bits per heavy atom. The zero-order chi connectivity index (χ0) is 16.9. The van der Waals surface area contributed by atoms with E-state index in [0.29, 0.717) is 5.13 Å². The molecule has 2 N–H and O–H groups in total. The van der Waals surface area contributed by atoms with E-state index in [9.17, 15) is 15.2 Å². The molecule has 8 heteroatoms. The van der Waals surface area contributed by atoms with Crippen molar-refractivity contribution in [3.05, 3.63) is 69.6 Å². The van der Waals surface area contributed by atoms with E-state index in [1.165, 1.54) is 35.8 Å². The molecule has 7 nitrogen and oxygen atoms in total. The molecule has 1 aromatic heterocycles. The van der Waals surface area contributed by atoms with Gasteiger partial charge in [0.1, 0.15) is 5.75 Å². The minimum Gasteiger partial charge on any atom is -0.507 e. The normalized spacial score (nSPS) is 10.8. The number of anilines is 1. The van der Waals surface area contributed by atoms with Crippen LogP contribution in [0.5, 0.6) is 5.75 Å². The van der Waals surface area contributed by atoms with Crippen molar-refractivity contribution in [2.75, 3.05) is 5.43 Å². The first kappa shape index (κ1) is 15.6. The van der Waals surface area contributed by atoms with E-state index in [1.807, 2.05) is 35.7 Å². The number of nitrogens with one attached hydrogen (secondary N) is 1. The van der Waals surface area contributed by atoms with E-state index in [1.54, 1.807) is 0 Å². The van der Waals surface area contributed by atoms with Gasteiger partial charge < -0.3 is 5.11 Å². The van der Waals surface area contributed by atoms with Crippen LogP contribution in [0.2, 0.25) is 0 Å². The molecule has 0 fully saturated rings. The van der Waals surface area contributed by atoms with Gasteiger partial charge in [-0.2, -0.15) is 5.10 Å². The molecule has 0 spiro atoms. The van der Waals surface area contributed by atoms with Crippen LogP contribution >= 0.6 is 11.3 Å². The van der Waals surface area contributed by atoms with Gasteiger partial charge in [-0.1, -0.05) is 30.3 Å². The molecule has 0 bridgehead atoms. The molecule has 0 saturated carbocycles. The lowest BCUT2D eigenvalue weighted by molar-refractivity contribution is -0.384. The predicted molar refractivity (Wildman–Crippen MR) is 93.5 cm³/mol. The monoisotopic (exact) mass is 340 g/mol. The number of hydrogen-bond donors (Lipinski definition) is 2. The van der Waals surface area contributed by atoms with Gasteiger partial charge in [-0.15, -0.1) is 11.3 Å². The fourth-order valence-corrected chi connectivity index (χ4v) is 2.65. The van der Waals surface area contributed by atoms with Crippen molar-refractivity contribution < 1.29 is 10.0 Å². The predicted octanol–water partition coefficient (Wildman–Crippen LogP) is 3.87. The summed E-state index contributed by atoms with van der Waals surface area (Å²) in [5, 5.41) is 26.9. The van der Waals surface area contributed by atoms with Crippen LogP contribution in [-0.4, -0.2) is 21.2 Å². The van der Waals surface area contributed by atoms with Crippen LogP contribution in [0.25, 0.3) is 11.3 Å². The Kier molecular flexibility index (Phi) is 4.48. The maximum atomic E-state index is 10.8. The summed E-state index contributed by atoms with van der Waals surface area (Å²) in [5.74, 6) is -0.0877. The summed E-state index contributed by atoms with van der Waals surface area (Å²) in [4.78, 5) is 14.6. The van der Waals surface area contributed by atoms with E-state index in [4.69, 9.17) is 0 Å². The first-order valence-corrected chi connectivity index (χ1v) is 7.79. The third-order valence-electron chi connectivity index (χ3n) is 3.16. The van der Waals surface area contributed by atoms with Crippen LogP contribution in [0, 0.1) is 10.1 Å². The number of non-ortho nitro benzene ring substituents is 1. The highest BCUT2D eigenvalue weighted by Crippen LogP contribution is 2.25. The number of thiazole rings is 1. The van der Waals surface area contributed by atoms with Crippen LogP contribution < -0.4 is 5.43 Å². The van der Waals surface area contributed by atoms with Crippen molar-refractivity contribution in [3.8, 4) is 17.0 Å². The summed E-state index contributed by atoms with van der Waals surface area (Å²) >= 11 is 1.39. The molecule has 120 valence electrons. The quantitative estimate of drug-likeness (QED) is 0.417. The SMILES string of the molecule is O=[N+]([O-])c1ccc(O)c(C=NNc2nc(-c3ccccc3)cs2)c1. The lowest BCUT2D eigenvalue weighted by atomic mass is 10.2. The van der Waals surface area contributed by atoms with Gasteiger partial charge in [-0.25, -0.2) is 4.98 Å². The second kappa shape index (κ2) is 6.88. The number of aromatic nitrogens is 1. The van der Waals surface area contributed by atoms with Crippen LogP contribution in [0.15, 0.2) is 59.0 Å². The van der Waals surface area contributed by atoms with Crippen molar-refractivity contribution in [2.45, 2.75) is 0 Å². The van der Waals surface area contributed by atoms with Gasteiger partial charge in [0.15, 0.2) is 0 Å². The molecule has 3 rings (SSSR count). The lowest BCUT2D eigenvalue weighted by Crippen LogP contribution is -1.93. The Bertz CT molecular complexity index is 893. The average Bonchev–Trinajstić information content (AvgIpc) is 3.06. The number of rotatable bonds is 5. The van der Waals surface area contributed by atoms with Crippen molar-refractivity contribution in [3.63, 3.8) is 0 Å². The van der Waals surface area contributed by atoms with Crippen molar-refractivity contribution in [2.24, 2.45) is 5.10 Å². The smallest absolute Gasteiger partial charge is 0.270 e. The molecule has 3 aromatic rings. The highest BCUT2D eigenvalue weighted by molar-refractivity contribution is 7.14. The molecule has 0 unspecified atom stereocenters. The van der Waals surface area contributed by atoms with Gasteiger partial charge in [0.25, 0.3) is 5.69 Å². The molecule has 0 amide bonds. The second-order valence-electron chi connectivity index (χ2n) is 4.77. The third kappa shape index (κ3) is 3.55. The fourth-order valence-electron chi connectivity index (χ4n) is 1.98. The van der Waals surface area contributed by atoms with Crippen LogP contribution in [-0.2, 0) is 0 Å². The van der Waals surface area contributed by atoms with E-state index in [0.717, 1.165) is 11.3 Å². The zero-order valence-corrected chi connectivity index (χ0v) is 13.1. The van der Waals surface area contributed by atoms with Gasteiger partial charge in [0.2, 0.25) is 5.13 Å². The van der Waals surface area contributed by atoms with Crippen LogP contribution in [0.1, 0.15) is 5.56 Å². The zero-order valence-electron chi connectivity index (χ0n) is 12.3. The number of nitrogens with zero attached hydrogens (tertiary/aromatic N) is 3. The van der Waals surface area contributed by atoms with Gasteiger partial charge in [0.05, 0.1) is 16.8 Å². The standard InChI is InChI=1S/C16H12N4O3S/c21-15-7-6-13(20(22)23)8-12(15)9-17-19-16-18-14(10-24-16)11-4-2-1-3-5-11/h1-10,21H,(H,18,19). The Balaban J connectivity index is 1.72. The third-order valence-corrected chi connectivity index (χ3v) is 3.91. The first-order chi connectivity index (χ1) is 11.6. The molecule has 0 atom stereocenters. The Hall–Kier alpha value is -3.26. The molecular weight excluding hydrogens is 328 g/mol. The first-order valence-electron chi connectivity index (χ1n) is 6.91. The number of phenols is 1. The van der Waals surface area contributed by atoms with E-state index < -0.39 is 4.92 Å². The van der Waals surface area contributed by atoms with Crippen LogP contribution in [0.4, 0.5) is 10.8 Å². The number of nitro benzene ring substituents is 1. The summed E-state index contributed by atoms with van der Waals surface area (Å²) in [7, 11) is 0. The maximum Gasteiger partial charge on any atom is 0.270 e. The topological polar surface area (TPSA) is 101 Å². The van der Waals surface area contributed by atoms with Gasteiger partial charge in [0, 0.05) is 28.6 Å². The molecule has 24 heavy (non-hydrogen) atoms. The van der Waals surface area contributed by atoms with Gasteiger partial charge in [-0.05, 0) is 6.07 Å². The summed E-state index contributed by atoms with van der Waals surface area (Å²) in [6.45, 7) is 0. The fraction of sp³-hybridized carbons (Fsp3) is 0. The van der Waals surface area contributed by atoms with Crippen molar-refractivity contribution in [1.82, 2.24) is 4.98 Å². The van der Waals surface area contributed by atoms with Crippen molar-refractivity contribution in [1.29, 1.82) is 0 Å². The Labute approximate surface area is 141 Å². The Morgan fingerprint density at radius 3 is 2.79 bits per heavy atom. The number of phenolic OH excluding ortho intramolecular Hbond substituents is 1. The number of hydrazone groups is 1. The summed E-state index contributed by atoms with van der Waals surface area (Å²) in [6, 6.07) is 13.5. The van der Waals surface area contributed by atoms with E-state index in [2.05, 4.69) is 15.5 Å². The number of nitro groups is 1. The average molecular weight is 340 g/mol. The number of benzene rings is 2. The molecule has 1 heterocycles. The second-order valence-corrected chi connectivity index (χ2v) is 5.63. The lowest BCUT2D eigenvalue weighted by Gasteiger charge is -1.99. The molecule has 2 aromatic carbocycles. The van der Waals surface area contributed by atoms with Crippen molar-refractivity contribution >= 4 is 28.4 Å². The molecule has 0 aliphatic heterocycles. The molecule has 0 radical (unpaired) electrons. The number of aromatic hydroxyl groups is 1. The summed E-state index contributed by atoms with van der Waals surface area (Å²) in [6.07, 6.45) is 1.31. The van der Waals surface area contributed by atoms with Crippen LogP contribution in [0.3, 0.4) is 0 Å². The Morgan fingerprint density at radius 1 is 1.25 bits per heavy atom. The number of hydrogen-bond acceptors (Lipinski definition) is 7. The molecule has 0 aliphatic carbocycles. The summed E-state index contributed by atoms with van der Waals surface area (Å²) in [5.41, 5.74) is 4.72. The largest absolute Gasteiger partial charge is 0.507 e. The van der Waals surface area contributed by atoms with Gasteiger partial charge in [-0.3, -0.25) is 15.5 Å². The van der Waals surface area contributed by atoms with E-state index in [-0.39, 0.29) is 17.0 Å². The molecule has 0 saturated heterocycles. The summed E-state index contributed by atoms with van der Waals surface area (Å²) < 4.78 is 0. The van der Waals surface area contributed by atoms with Gasteiger partial charge >= 0.3 is 0 Å².